The van der Waals surface area contributed by atoms with Gasteiger partial charge in [-0.3, -0.25) is 0 Å². The molecule has 0 fully saturated rings. The molecule has 3 heteroatoms. The van der Waals surface area contributed by atoms with E-state index in [4.69, 9.17) is 0 Å². The normalized spacial score (nSPS) is 16.2. The van der Waals surface area contributed by atoms with Crippen molar-refractivity contribution < 1.29 is 5.11 Å². The van der Waals surface area contributed by atoms with Crippen molar-refractivity contribution in [1.29, 1.82) is 0 Å². The molecule has 2 atom stereocenters. The lowest BCUT2D eigenvalue weighted by Crippen LogP contribution is -2.42. The van der Waals surface area contributed by atoms with Crippen LogP contribution >= 0.6 is 0 Å². The SMILES string of the molecule is CC(NCC(C)(O)C(C)C)c1ccc(N(C)C)cc1. The quantitative estimate of drug-likeness (QED) is 0.829. The summed E-state index contributed by atoms with van der Waals surface area (Å²) in [6.07, 6.45) is 0. The number of benzene rings is 1. The number of nitrogens with zero attached hydrogens (tertiary/aromatic N) is 1. The molecule has 0 heterocycles. The Morgan fingerprint density at radius 2 is 1.68 bits per heavy atom. The molecule has 2 unspecified atom stereocenters. The third kappa shape index (κ3) is 4.51. The van der Waals surface area contributed by atoms with E-state index in [9.17, 15) is 5.11 Å². The standard InChI is InChI=1S/C16H28N2O/c1-12(2)16(4,19)11-17-13(3)14-7-9-15(10-8-14)18(5)6/h7-10,12-13,17,19H,11H2,1-6H3. The van der Waals surface area contributed by atoms with Crippen LogP contribution in [0.1, 0.15) is 39.3 Å². The molecule has 0 aliphatic heterocycles. The molecule has 0 bridgehead atoms. The minimum atomic E-state index is -0.669. The summed E-state index contributed by atoms with van der Waals surface area (Å²) >= 11 is 0. The summed E-state index contributed by atoms with van der Waals surface area (Å²) in [5, 5.41) is 13.6. The predicted octanol–water partition coefficient (Wildman–Crippen LogP) is 2.81. The molecule has 19 heavy (non-hydrogen) atoms. The van der Waals surface area contributed by atoms with Gasteiger partial charge in [-0.15, -0.1) is 0 Å². The van der Waals surface area contributed by atoms with E-state index in [1.54, 1.807) is 0 Å². The van der Waals surface area contributed by atoms with Crippen molar-refractivity contribution in [3.8, 4) is 0 Å². The summed E-state index contributed by atoms with van der Waals surface area (Å²) in [5.74, 6) is 0.239. The maximum atomic E-state index is 10.2. The fraction of sp³-hybridized carbons (Fsp3) is 0.625. The highest BCUT2D eigenvalue weighted by Gasteiger charge is 2.25. The highest BCUT2D eigenvalue weighted by atomic mass is 16.3. The fourth-order valence-electron chi connectivity index (χ4n) is 1.74. The van der Waals surface area contributed by atoms with Crippen LogP contribution in [0.5, 0.6) is 0 Å². The first-order chi connectivity index (χ1) is 8.74. The second-order valence-corrected chi connectivity index (χ2v) is 6.10. The minimum Gasteiger partial charge on any atom is -0.389 e. The monoisotopic (exact) mass is 264 g/mol. The molecule has 0 saturated carbocycles. The van der Waals surface area contributed by atoms with Gasteiger partial charge in [0.25, 0.3) is 0 Å². The number of anilines is 1. The van der Waals surface area contributed by atoms with Crippen LogP contribution in [0.2, 0.25) is 0 Å². The zero-order chi connectivity index (χ0) is 14.6. The summed E-state index contributed by atoms with van der Waals surface area (Å²) in [4.78, 5) is 2.09. The Bertz CT molecular complexity index is 382. The molecule has 0 radical (unpaired) electrons. The van der Waals surface area contributed by atoms with Gasteiger partial charge < -0.3 is 15.3 Å². The fourth-order valence-corrected chi connectivity index (χ4v) is 1.74. The lowest BCUT2D eigenvalue weighted by atomic mass is 9.92. The first-order valence-electron chi connectivity index (χ1n) is 6.97. The van der Waals surface area contributed by atoms with Crippen LogP contribution in [0.25, 0.3) is 0 Å². The molecule has 3 nitrogen and oxygen atoms in total. The van der Waals surface area contributed by atoms with Gasteiger partial charge in [0.15, 0.2) is 0 Å². The predicted molar refractivity (Wildman–Crippen MR) is 82.6 cm³/mol. The molecule has 0 amide bonds. The number of nitrogens with one attached hydrogen (secondary N) is 1. The first-order valence-corrected chi connectivity index (χ1v) is 6.97. The van der Waals surface area contributed by atoms with Crippen molar-refractivity contribution in [1.82, 2.24) is 5.32 Å². The Hall–Kier alpha value is -1.06. The molecular formula is C16H28N2O. The first kappa shape index (κ1) is 16.0. The van der Waals surface area contributed by atoms with Gasteiger partial charge in [0, 0.05) is 32.4 Å². The highest BCUT2D eigenvalue weighted by Crippen LogP contribution is 2.20. The van der Waals surface area contributed by atoms with E-state index >= 15 is 0 Å². The van der Waals surface area contributed by atoms with E-state index in [1.165, 1.54) is 11.3 Å². The maximum Gasteiger partial charge on any atom is 0.0766 e. The molecular weight excluding hydrogens is 236 g/mol. The van der Waals surface area contributed by atoms with Crippen molar-refractivity contribution in [3.63, 3.8) is 0 Å². The van der Waals surface area contributed by atoms with Crippen LogP contribution in [0.3, 0.4) is 0 Å². The zero-order valence-corrected chi connectivity index (χ0v) is 13.1. The van der Waals surface area contributed by atoms with E-state index in [-0.39, 0.29) is 12.0 Å². The van der Waals surface area contributed by atoms with E-state index in [0.29, 0.717) is 6.54 Å². The third-order valence-corrected chi connectivity index (χ3v) is 3.92. The van der Waals surface area contributed by atoms with Crippen LogP contribution in [-0.4, -0.2) is 31.3 Å². The zero-order valence-electron chi connectivity index (χ0n) is 13.1. The van der Waals surface area contributed by atoms with Crippen molar-refractivity contribution >= 4 is 5.69 Å². The molecule has 108 valence electrons. The summed E-state index contributed by atoms with van der Waals surface area (Å²) in [6.45, 7) is 8.69. The summed E-state index contributed by atoms with van der Waals surface area (Å²) in [7, 11) is 4.08. The van der Waals surface area contributed by atoms with Gasteiger partial charge in [0.05, 0.1) is 5.60 Å². The van der Waals surface area contributed by atoms with Crippen LogP contribution in [0, 0.1) is 5.92 Å². The molecule has 0 spiro atoms. The van der Waals surface area contributed by atoms with Gasteiger partial charge in [0.2, 0.25) is 0 Å². The van der Waals surface area contributed by atoms with Crippen molar-refractivity contribution in [2.75, 3.05) is 25.5 Å². The second kappa shape index (κ2) is 6.40. The Labute approximate surface area is 117 Å². The topological polar surface area (TPSA) is 35.5 Å². The largest absolute Gasteiger partial charge is 0.389 e. The lowest BCUT2D eigenvalue weighted by Gasteiger charge is -2.29. The van der Waals surface area contributed by atoms with Crippen molar-refractivity contribution in [2.24, 2.45) is 5.92 Å². The van der Waals surface area contributed by atoms with E-state index < -0.39 is 5.60 Å². The maximum absolute atomic E-state index is 10.2. The Morgan fingerprint density at radius 1 is 1.16 bits per heavy atom. The van der Waals surface area contributed by atoms with Gasteiger partial charge in [0.1, 0.15) is 0 Å². The van der Waals surface area contributed by atoms with Crippen LogP contribution in [0.4, 0.5) is 5.69 Å². The van der Waals surface area contributed by atoms with Gasteiger partial charge in [-0.1, -0.05) is 26.0 Å². The number of hydrogen-bond acceptors (Lipinski definition) is 3. The molecule has 1 aromatic rings. The highest BCUT2D eigenvalue weighted by molar-refractivity contribution is 5.46. The van der Waals surface area contributed by atoms with Gasteiger partial charge >= 0.3 is 0 Å². The molecule has 1 rings (SSSR count). The number of rotatable bonds is 6. The smallest absolute Gasteiger partial charge is 0.0766 e. The van der Waals surface area contributed by atoms with Crippen LogP contribution in [0.15, 0.2) is 24.3 Å². The number of aliphatic hydroxyl groups is 1. The molecule has 0 aliphatic carbocycles. The average molecular weight is 264 g/mol. The number of hydrogen-bond donors (Lipinski definition) is 2. The van der Waals surface area contributed by atoms with Crippen LogP contribution < -0.4 is 10.2 Å². The van der Waals surface area contributed by atoms with E-state index in [0.717, 1.165) is 0 Å². The summed E-state index contributed by atoms with van der Waals surface area (Å²) in [6, 6.07) is 8.75. The van der Waals surface area contributed by atoms with Crippen molar-refractivity contribution in [2.45, 2.75) is 39.3 Å². The third-order valence-electron chi connectivity index (χ3n) is 3.92. The van der Waals surface area contributed by atoms with Crippen molar-refractivity contribution in [3.05, 3.63) is 29.8 Å². The Morgan fingerprint density at radius 3 is 2.11 bits per heavy atom. The molecule has 2 N–H and O–H groups in total. The second-order valence-electron chi connectivity index (χ2n) is 6.10. The van der Waals surface area contributed by atoms with E-state index in [1.807, 2.05) is 34.9 Å². The average Bonchev–Trinajstić information content (AvgIpc) is 2.36. The lowest BCUT2D eigenvalue weighted by molar-refractivity contribution is 0.0122. The van der Waals surface area contributed by atoms with Crippen LogP contribution in [-0.2, 0) is 0 Å². The van der Waals surface area contributed by atoms with Gasteiger partial charge in [-0.05, 0) is 37.5 Å². The van der Waals surface area contributed by atoms with Gasteiger partial charge in [-0.25, -0.2) is 0 Å². The minimum absolute atomic E-state index is 0.237. The molecule has 0 aromatic heterocycles. The van der Waals surface area contributed by atoms with E-state index in [2.05, 4.69) is 41.4 Å². The summed E-state index contributed by atoms with van der Waals surface area (Å²) < 4.78 is 0. The molecule has 0 saturated heterocycles. The van der Waals surface area contributed by atoms with Gasteiger partial charge in [-0.2, -0.15) is 0 Å². The molecule has 0 aliphatic rings. The Balaban J connectivity index is 2.61. The summed E-state index contributed by atoms with van der Waals surface area (Å²) in [5.41, 5.74) is 1.77. The molecule has 1 aromatic carbocycles. The Kier molecular flexibility index (Phi) is 5.39.